The third-order valence-electron chi connectivity index (χ3n) is 3.18. The Hall–Kier alpha value is -1.85. The Labute approximate surface area is 129 Å². The number of nitrogens with zero attached hydrogens (tertiary/aromatic N) is 2. The summed E-state index contributed by atoms with van der Waals surface area (Å²) in [6.07, 6.45) is 2.45. The maximum absolute atomic E-state index is 6.08. The van der Waals surface area contributed by atoms with E-state index in [-0.39, 0.29) is 0 Å². The lowest BCUT2D eigenvalue weighted by Crippen LogP contribution is -2.10. The zero-order valence-electron chi connectivity index (χ0n) is 12.3. The summed E-state index contributed by atoms with van der Waals surface area (Å²) in [6, 6.07) is 6.13. The van der Waals surface area contributed by atoms with E-state index >= 15 is 0 Å². The molecule has 0 aliphatic carbocycles. The number of hydrogen-bond acceptors (Lipinski definition) is 5. The Morgan fingerprint density at radius 3 is 2.76 bits per heavy atom. The van der Waals surface area contributed by atoms with Crippen molar-refractivity contribution in [2.45, 2.75) is 20.3 Å². The molecule has 5 nitrogen and oxygen atoms in total. The highest BCUT2D eigenvalue weighted by Gasteiger charge is 2.06. The normalized spacial score (nSPS) is 10.5. The van der Waals surface area contributed by atoms with Crippen molar-refractivity contribution in [1.82, 2.24) is 9.97 Å². The van der Waals surface area contributed by atoms with Crippen LogP contribution in [0.15, 0.2) is 24.4 Å². The minimum Gasteiger partial charge on any atom is -0.369 e. The first-order valence-electron chi connectivity index (χ1n) is 6.91. The molecule has 0 radical (unpaired) electrons. The van der Waals surface area contributed by atoms with Crippen LogP contribution in [-0.2, 0) is 0 Å². The van der Waals surface area contributed by atoms with Gasteiger partial charge < -0.3 is 16.4 Å². The molecular formula is C15H20ClN5. The molecule has 6 heteroatoms. The van der Waals surface area contributed by atoms with E-state index in [1.54, 1.807) is 6.20 Å². The SMILES string of the molecule is Cc1ccc(Nc2ncc(Cl)c(NCCCN)n2)cc1C. The van der Waals surface area contributed by atoms with Crippen molar-refractivity contribution in [1.29, 1.82) is 0 Å². The number of hydrogen-bond donors (Lipinski definition) is 3. The zero-order chi connectivity index (χ0) is 15.2. The lowest BCUT2D eigenvalue weighted by atomic mass is 10.1. The molecule has 0 aliphatic rings. The van der Waals surface area contributed by atoms with Crippen LogP contribution in [0, 0.1) is 13.8 Å². The molecule has 0 unspecified atom stereocenters. The van der Waals surface area contributed by atoms with Gasteiger partial charge in [-0.2, -0.15) is 4.98 Å². The lowest BCUT2D eigenvalue weighted by molar-refractivity contribution is 0.869. The van der Waals surface area contributed by atoms with Gasteiger partial charge in [0, 0.05) is 12.2 Å². The molecule has 1 heterocycles. The summed E-state index contributed by atoms with van der Waals surface area (Å²) in [4.78, 5) is 8.58. The molecule has 1 aromatic carbocycles. The average Bonchev–Trinajstić information content (AvgIpc) is 2.46. The quantitative estimate of drug-likeness (QED) is 0.714. The van der Waals surface area contributed by atoms with Crippen molar-refractivity contribution in [3.8, 4) is 0 Å². The van der Waals surface area contributed by atoms with Crippen molar-refractivity contribution in [2.24, 2.45) is 5.73 Å². The minimum absolute atomic E-state index is 0.498. The van der Waals surface area contributed by atoms with Crippen molar-refractivity contribution in [3.63, 3.8) is 0 Å². The molecule has 1 aromatic heterocycles. The van der Waals surface area contributed by atoms with Crippen LogP contribution in [-0.4, -0.2) is 23.1 Å². The van der Waals surface area contributed by atoms with Crippen molar-refractivity contribution in [2.75, 3.05) is 23.7 Å². The first-order valence-corrected chi connectivity index (χ1v) is 7.28. The van der Waals surface area contributed by atoms with Gasteiger partial charge in [0.05, 0.1) is 6.20 Å². The van der Waals surface area contributed by atoms with Crippen LogP contribution in [0.5, 0.6) is 0 Å². The predicted molar refractivity (Wildman–Crippen MR) is 88.4 cm³/mol. The summed E-state index contributed by atoms with van der Waals surface area (Å²) in [5, 5.41) is 6.84. The van der Waals surface area contributed by atoms with Crippen LogP contribution in [0.25, 0.3) is 0 Å². The summed E-state index contributed by atoms with van der Waals surface area (Å²) in [5.74, 6) is 1.13. The van der Waals surface area contributed by atoms with Crippen molar-refractivity contribution < 1.29 is 0 Å². The number of rotatable bonds is 6. The second-order valence-electron chi connectivity index (χ2n) is 4.88. The number of benzene rings is 1. The molecule has 0 fully saturated rings. The maximum atomic E-state index is 6.08. The number of nitrogens with one attached hydrogen (secondary N) is 2. The summed E-state index contributed by atoms with van der Waals surface area (Å²) < 4.78 is 0. The van der Waals surface area contributed by atoms with Gasteiger partial charge in [0.1, 0.15) is 10.8 Å². The average molecular weight is 306 g/mol. The highest BCUT2D eigenvalue weighted by Crippen LogP contribution is 2.22. The van der Waals surface area contributed by atoms with Gasteiger partial charge >= 0.3 is 0 Å². The molecule has 21 heavy (non-hydrogen) atoms. The van der Waals surface area contributed by atoms with Crippen molar-refractivity contribution in [3.05, 3.63) is 40.5 Å². The van der Waals surface area contributed by atoms with Gasteiger partial charge in [-0.3, -0.25) is 0 Å². The van der Waals surface area contributed by atoms with E-state index in [1.807, 2.05) is 6.07 Å². The summed E-state index contributed by atoms with van der Waals surface area (Å²) in [5.41, 5.74) is 8.89. The van der Waals surface area contributed by atoms with E-state index in [9.17, 15) is 0 Å². The van der Waals surface area contributed by atoms with Crippen molar-refractivity contribution >= 4 is 29.1 Å². The zero-order valence-corrected chi connectivity index (χ0v) is 13.0. The Morgan fingerprint density at radius 1 is 1.24 bits per heavy atom. The molecule has 0 bridgehead atoms. The number of halogens is 1. The summed E-state index contributed by atoms with van der Waals surface area (Å²) >= 11 is 6.08. The third kappa shape index (κ3) is 4.31. The second kappa shape index (κ2) is 7.24. The van der Waals surface area contributed by atoms with Gasteiger partial charge in [-0.15, -0.1) is 0 Å². The summed E-state index contributed by atoms with van der Waals surface area (Å²) in [6.45, 7) is 5.51. The van der Waals surface area contributed by atoms with Crippen LogP contribution in [0.3, 0.4) is 0 Å². The predicted octanol–water partition coefficient (Wildman–Crippen LogP) is 3.25. The van der Waals surface area contributed by atoms with Gasteiger partial charge in [-0.25, -0.2) is 4.98 Å². The standard InChI is InChI=1S/C15H20ClN5/c1-10-4-5-12(8-11(10)2)20-15-19-9-13(16)14(21-15)18-7-3-6-17/h4-5,8-9H,3,6-7,17H2,1-2H3,(H2,18,19,20,21). The molecule has 0 amide bonds. The highest BCUT2D eigenvalue weighted by molar-refractivity contribution is 6.32. The molecule has 2 aromatic rings. The largest absolute Gasteiger partial charge is 0.369 e. The van der Waals surface area contributed by atoms with E-state index in [2.05, 4.69) is 46.6 Å². The van der Waals surface area contributed by atoms with Crippen LogP contribution >= 0.6 is 11.6 Å². The molecule has 0 spiro atoms. The lowest BCUT2D eigenvalue weighted by Gasteiger charge is -2.10. The highest BCUT2D eigenvalue weighted by atomic mass is 35.5. The third-order valence-corrected chi connectivity index (χ3v) is 3.46. The van der Waals surface area contributed by atoms with E-state index < -0.39 is 0 Å². The Balaban J connectivity index is 2.12. The van der Waals surface area contributed by atoms with E-state index in [4.69, 9.17) is 17.3 Å². The first-order chi connectivity index (χ1) is 10.1. The summed E-state index contributed by atoms with van der Waals surface area (Å²) in [7, 11) is 0. The number of aryl methyl sites for hydroxylation is 2. The maximum Gasteiger partial charge on any atom is 0.229 e. The van der Waals surface area contributed by atoms with E-state index in [0.717, 1.165) is 18.7 Å². The molecule has 0 aliphatic heterocycles. The van der Waals surface area contributed by atoms with Gasteiger partial charge in [-0.1, -0.05) is 17.7 Å². The van der Waals surface area contributed by atoms with Gasteiger partial charge in [0.15, 0.2) is 0 Å². The number of nitrogens with two attached hydrogens (primary N) is 1. The number of aromatic nitrogens is 2. The molecule has 0 atom stereocenters. The first kappa shape index (κ1) is 15.5. The Kier molecular flexibility index (Phi) is 5.36. The topological polar surface area (TPSA) is 75.9 Å². The molecule has 2 rings (SSSR count). The van der Waals surface area contributed by atoms with Gasteiger partial charge in [0.2, 0.25) is 5.95 Å². The van der Waals surface area contributed by atoms with E-state index in [1.165, 1.54) is 11.1 Å². The van der Waals surface area contributed by atoms with E-state index in [0.29, 0.717) is 23.3 Å². The molecule has 0 saturated heterocycles. The van der Waals surface area contributed by atoms with Gasteiger partial charge in [-0.05, 0) is 50.1 Å². The van der Waals surface area contributed by atoms with Crippen LogP contribution in [0.1, 0.15) is 17.5 Å². The molecule has 112 valence electrons. The number of anilines is 3. The monoisotopic (exact) mass is 305 g/mol. The van der Waals surface area contributed by atoms with Crippen LogP contribution in [0.2, 0.25) is 5.02 Å². The molecule has 0 saturated carbocycles. The van der Waals surface area contributed by atoms with Crippen LogP contribution in [0.4, 0.5) is 17.5 Å². The molecule has 4 N–H and O–H groups in total. The second-order valence-corrected chi connectivity index (χ2v) is 5.29. The fourth-order valence-electron chi connectivity index (χ4n) is 1.81. The smallest absolute Gasteiger partial charge is 0.229 e. The Morgan fingerprint density at radius 2 is 2.05 bits per heavy atom. The molecular weight excluding hydrogens is 286 g/mol. The van der Waals surface area contributed by atoms with Gasteiger partial charge in [0.25, 0.3) is 0 Å². The fourth-order valence-corrected chi connectivity index (χ4v) is 1.97. The minimum atomic E-state index is 0.498. The van der Waals surface area contributed by atoms with Crippen LogP contribution < -0.4 is 16.4 Å². The Bertz CT molecular complexity index is 615. The fraction of sp³-hybridized carbons (Fsp3) is 0.333.